The molecule has 1 atom stereocenters. The van der Waals surface area contributed by atoms with E-state index in [4.69, 9.17) is 9.47 Å². The Labute approximate surface area is 125 Å². The first kappa shape index (κ1) is 15.3. The molecule has 2 rings (SSSR count). The van der Waals surface area contributed by atoms with E-state index in [1.54, 1.807) is 13.8 Å². The Kier molecular flexibility index (Phi) is 5.52. The monoisotopic (exact) mass is 284 g/mol. The van der Waals surface area contributed by atoms with Crippen LogP contribution in [0.4, 0.5) is 0 Å². The second-order valence-corrected chi connectivity index (χ2v) is 4.77. The number of carbonyl (C=O) groups excluding carboxylic acids is 1. The Morgan fingerprint density at radius 1 is 1.00 bits per heavy atom. The van der Waals surface area contributed by atoms with Gasteiger partial charge >= 0.3 is 5.97 Å². The first-order valence-electron chi connectivity index (χ1n) is 7.13. The smallest absolute Gasteiger partial charge is 0.334 e. The van der Waals surface area contributed by atoms with Gasteiger partial charge in [0.2, 0.25) is 0 Å². The lowest BCUT2D eigenvalue weighted by atomic mass is 10.0. The van der Waals surface area contributed by atoms with Crippen molar-refractivity contribution in [1.29, 1.82) is 0 Å². The number of rotatable bonds is 6. The summed E-state index contributed by atoms with van der Waals surface area (Å²) in [6, 6.07) is 18.3. The van der Waals surface area contributed by atoms with Crippen molar-refractivity contribution in [1.82, 2.24) is 0 Å². The summed E-state index contributed by atoms with van der Waals surface area (Å²) in [6.45, 7) is 4.26. The predicted molar refractivity (Wildman–Crippen MR) is 82.8 cm³/mol. The second-order valence-electron chi connectivity index (χ2n) is 4.77. The average Bonchev–Trinajstić information content (AvgIpc) is 2.54. The van der Waals surface area contributed by atoms with E-state index in [2.05, 4.69) is 24.3 Å². The molecule has 2 aromatic carbocycles. The first-order valence-corrected chi connectivity index (χ1v) is 7.13. The highest BCUT2D eigenvalue weighted by Gasteiger charge is 2.14. The van der Waals surface area contributed by atoms with E-state index in [0.29, 0.717) is 13.2 Å². The molecule has 3 nitrogen and oxygen atoms in total. The van der Waals surface area contributed by atoms with Gasteiger partial charge in [-0.15, -0.1) is 0 Å². The van der Waals surface area contributed by atoms with Gasteiger partial charge in [-0.2, -0.15) is 0 Å². The fourth-order valence-corrected chi connectivity index (χ4v) is 1.97. The van der Waals surface area contributed by atoms with E-state index in [-0.39, 0.29) is 5.97 Å². The lowest BCUT2D eigenvalue weighted by molar-refractivity contribution is -0.156. The Morgan fingerprint density at radius 3 is 2.24 bits per heavy atom. The number of benzene rings is 2. The van der Waals surface area contributed by atoms with E-state index in [1.165, 1.54) is 5.56 Å². The molecule has 0 fully saturated rings. The molecule has 0 radical (unpaired) electrons. The molecule has 1 unspecified atom stereocenters. The molecule has 0 saturated heterocycles. The molecule has 0 aliphatic rings. The molecule has 0 amide bonds. The van der Waals surface area contributed by atoms with Crippen molar-refractivity contribution in [2.24, 2.45) is 0 Å². The molecule has 0 bridgehead atoms. The van der Waals surface area contributed by atoms with Crippen molar-refractivity contribution in [3.05, 3.63) is 60.2 Å². The molecule has 2 aromatic rings. The van der Waals surface area contributed by atoms with E-state index in [9.17, 15) is 4.79 Å². The van der Waals surface area contributed by atoms with Crippen molar-refractivity contribution in [3.63, 3.8) is 0 Å². The average molecular weight is 284 g/mol. The molecule has 110 valence electrons. The molecule has 0 aliphatic carbocycles. The fourth-order valence-electron chi connectivity index (χ4n) is 1.97. The van der Waals surface area contributed by atoms with E-state index < -0.39 is 6.10 Å². The minimum absolute atomic E-state index is 0.321. The third-order valence-corrected chi connectivity index (χ3v) is 3.18. The molecule has 0 aromatic heterocycles. The summed E-state index contributed by atoms with van der Waals surface area (Å²) in [5, 5.41) is 0. The van der Waals surface area contributed by atoms with Gasteiger partial charge in [-0.3, -0.25) is 0 Å². The molecule has 0 saturated carbocycles. The lowest BCUT2D eigenvalue weighted by Crippen LogP contribution is -2.23. The van der Waals surface area contributed by atoms with Crippen LogP contribution in [0.15, 0.2) is 54.6 Å². The molecule has 0 aliphatic heterocycles. The van der Waals surface area contributed by atoms with Crippen LogP contribution in [0.3, 0.4) is 0 Å². The number of esters is 1. The zero-order valence-electron chi connectivity index (χ0n) is 12.4. The number of ether oxygens (including phenoxy) is 2. The van der Waals surface area contributed by atoms with Gasteiger partial charge in [-0.25, -0.2) is 4.79 Å². The lowest BCUT2D eigenvalue weighted by Gasteiger charge is -2.12. The van der Waals surface area contributed by atoms with Crippen molar-refractivity contribution in [2.45, 2.75) is 26.6 Å². The van der Waals surface area contributed by atoms with Crippen LogP contribution in [-0.4, -0.2) is 18.7 Å². The van der Waals surface area contributed by atoms with Gasteiger partial charge in [0.05, 0.1) is 13.2 Å². The van der Waals surface area contributed by atoms with Crippen LogP contribution in [-0.2, 0) is 20.9 Å². The normalized spacial score (nSPS) is 11.9. The van der Waals surface area contributed by atoms with Crippen LogP contribution in [0.2, 0.25) is 0 Å². The van der Waals surface area contributed by atoms with E-state index in [0.717, 1.165) is 11.1 Å². The van der Waals surface area contributed by atoms with Crippen LogP contribution < -0.4 is 0 Å². The molecule has 0 heterocycles. The van der Waals surface area contributed by atoms with Crippen LogP contribution in [0.1, 0.15) is 19.4 Å². The minimum Gasteiger partial charge on any atom is -0.464 e. The summed E-state index contributed by atoms with van der Waals surface area (Å²) in [6.07, 6.45) is -0.543. The topological polar surface area (TPSA) is 35.5 Å². The summed E-state index contributed by atoms with van der Waals surface area (Å²) < 4.78 is 10.4. The Balaban J connectivity index is 1.93. The molecular weight excluding hydrogens is 264 g/mol. The summed E-state index contributed by atoms with van der Waals surface area (Å²) in [5.74, 6) is -0.321. The highest BCUT2D eigenvalue weighted by molar-refractivity contribution is 5.74. The van der Waals surface area contributed by atoms with Gasteiger partial charge in [-0.05, 0) is 30.5 Å². The summed E-state index contributed by atoms with van der Waals surface area (Å²) in [5.41, 5.74) is 3.38. The maximum atomic E-state index is 11.5. The van der Waals surface area contributed by atoms with Crippen molar-refractivity contribution in [2.75, 3.05) is 6.61 Å². The Hall–Kier alpha value is -2.13. The third kappa shape index (κ3) is 4.43. The van der Waals surface area contributed by atoms with Crippen LogP contribution in [0.25, 0.3) is 11.1 Å². The van der Waals surface area contributed by atoms with Crippen LogP contribution in [0, 0.1) is 0 Å². The van der Waals surface area contributed by atoms with Gasteiger partial charge in [-0.1, -0.05) is 54.6 Å². The standard InChI is InChI=1S/C18H20O3/c1-3-20-18(19)14(2)21-13-15-9-11-17(12-10-15)16-7-5-4-6-8-16/h4-12,14H,3,13H2,1-2H3. The second kappa shape index (κ2) is 7.60. The summed E-state index contributed by atoms with van der Waals surface area (Å²) in [7, 11) is 0. The van der Waals surface area contributed by atoms with E-state index >= 15 is 0 Å². The predicted octanol–water partition coefficient (Wildman–Crippen LogP) is 3.82. The highest BCUT2D eigenvalue weighted by atomic mass is 16.6. The first-order chi connectivity index (χ1) is 10.2. The van der Waals surface area contributed by atoms with Crippen LogP contribution in [0.5, 0.6) is 0 Å². The zero-order chi connectivity index (χ0) is 15.1. The quantitative estimate of drug-likeness (QED) is 0.756. The Bertz CT molecular complexity index is 561. The van der Waals surface area contributed by atoms with Crippen molar-refractivity contribution in [3.8, 4) is 11.1 Å². The van der Waals surface area contributed by atoms with Crippen molar-refractivity contribution >= 4 is 5.97 Å². The molecule has 21 heavy (non-hydrogen) atoms. The van der Waals surface area contributed by atoms with Gasteiger partial charge in [0.15, 0.2) is 6.10 Å². The number of carbonyl (C=O) groups is 1. The highest BCUT2D eigenvalue weighted by Crippen LogP contribution is 2.19. The fraction of sp³-hybridized carbons (Fsp3) is 0.278. The van der Waals surface area contributed by atoms with Gasteiger partial charge in [0, 0.05) is 0 Å². The minimum atomic E-state index is -0.543. The SMILES string of the molecule is CCOC(=O)C(C)OCc1ccc(-c2ccccc2)cc1. The van der Waals surface area contributed by atoms with Gasteiger partial charge < -0.3 is 9.47 Å². The maximum Gasteiger partial charge on any atom is 0.334 e. The van der Waals surface area contributed by atoms with Crippen LogP contribution >= 0.6 is 0 Å². The largest absolute Gasteiger partial charge is 0.464 e. The zero-order valence-corrected chi connectivity index (χ0v) is 12.4. The van der Waals surface area contributed by atoms with E-state index in [1.807, 2.05) is 30.3 Å². The summed E-state index contributed by atoms with van der Waals surface area (Å²) in [4.78, 5) is 11.5. The molecule has 3 heteroatoms. The number of hydrogen-bond donors (Lipinski definition) is 0. The number of hydrogen-bond acceptors (Lipinski definition) is 3. The van der Waals surface area contributed by atoms with Crippen molar-refractivity contribution < 1.29 is 14.3 Å². The molecular formula is C18H20O3. The third-order valence-electron chi connectivity index (χ3n) is 3.18. The molecule has 0 N–H and O–H groups in total. The maximum absolute atomic E-state index is 11.5. The van der Waals surface area contributed by atoms with Gasteiger partial charge in [0.25, 0.3) is 0 Å². The van der Waals surface area contributed by atoms with Gasteiger partial charge in [0.1, 0.15) is 0 Å². The Morgan fingerprint density at radius 2 is 1.62 bits per heavy atom. The molecule has 0 spiro atoms. The summed E-state index contributed by atoms with van der Waals surface area (Å²) >= 11 is 0.